The van der Waals surface area contributed by atoms with E-state index in [1.807, 2.05) is 70.5 Å². The number of ether oxygens (including phenoxy) is 2. The van der Waals surface area contributed by atoms with Gasteiger partial charge in [-0.3, -0.25) is 19.3 Å². The highest BCUT2D eigenvalue weighted by atomic mass is 32.1. The van der Waals surface area contributed by atoms with Crippen LogP contribution in [0, 0.1) is 12.3 Å². The Bertz CT molecular complexity index is 1780. The molecule has 0 bridgehead atoms. The number of hydrogen-bond donors (Lipinski definition) is 3. The second-order valence-corrected chi connectivity index (χ2v) is 16.6. The highest BCUT2D eigenvalue weighted by molar-refractivity contribution is 7.13. The Kier molecular flexibility index (Phi) is 13.7. The molecule has 0 radical (unpaired) electrons. The lowest BCUT2D eigenvalue weighted by molar-refractivity contribution is -0.144. The molecular formula is C40H55N7O7S. The first kappa shape index (κ1) is 41.7. The number of nitrogens with one attached hydrogen (secondary N) is 2. The monoisotopic (exact) mass is 777 g/mol. The van der Waals surface area contributed by atoms with E-state index in [0.29, 0.717) is 18.7 Å². The van der Waals surface area contributed by atoms with Gasteiger partial charge in [-0.25, -0.2) is 14.8 Å². The van der Waals surface area contributed by atoms with Crippen molar-refractivity contribution in [2.75, 3.05) is 51.4 Å². The number of pyridine rings is 1. The molecule has 0 saturated carbocycles. The number of thiazole rings is 1. The molecular weight excluding hydrogens is 723 g/mol. The maximum Gasteiger partial charge on any atom is 0.339 e. The van der Waals surface area contributed by atoms with Crippen molar-refractivity contribution in [1.82, 2.24) is 30.4 Å². The van der Waals surface area contributed by atoms with Gasteiger partial charge in [0.15, 0.2) is 0 Å². The van der Waals surface area contributed by atoms with Crippen molar-refractivity contribution in [2.24, 2.45) is 5.41 Å². The predicted molar refractivity (Wildman–Crippen MR) is 211 cm³/mol. The highest BCUT2D eigenvalue weighted by Gasteiger charge is 2.44. The van der Waals surface area contributed by atoms with Gasteiger partial charge < -0.3 is 35.0 Å². The lowest BCUT2D eigenvalue weighted by Crippen LogP contribution is -2.58. The van der Waals surface area contributed by atoms with E-state index in [2.05, 4.69) is 44.2 Å². The molecule has 55 heavy (non-hydrogen) atoms. The second kappa shape index (κ2) is 18.0. The first-order valence-corrected chi connectivity index (χ1v) is 19.7. The Morgan fingerprint density at radius 2 is 1.69 bits per heavy atom. The quantitative estimate of drug-likeness (QED) is 0.172. The molecule has 0 aliphatic carbocycles. The smallest absolute Gasteiger partial charge is 0.339 e. The molecule has 3 N–H and O–H groups in total. The van der Waals surface area contributed by atoms with Gasteiger partial charge in [0.1, 0.15) is 24.5 Å². The maximum absolute atomic E-state index is 14.0. The van der Waals surface area contributed by atoms with E-state index < -0.39 is 41.4 Å². The Labute approximate surface area is 327 Å². The molecule has 1 aromatic carbocycles. The summed E-state index contributed by atoms with van der Waals surface area (Å²) in [7, 11) is 1.34. The molecule has 14 nitrogen and oxygen atoms in total. The molecule has 2 aromatic heterocycles. The van der Waals surface area contributed by atoms with Crippen molar-refractivity contribution in [1.29, 1.82) is 0 Å². The highest BCUT2D eigenvalue weighted by Crippen LogP contribution is 2.30. The Morgan fingerprint density at radius 3 is 2.27 bits per heavy atom. The Morgan fingerprint density at radius 1 is 1.00 bits per heavy atom. The van der Waals surface area contributed by atoms with Crippen LogP contribution in [0.3, 0.4) is 0 Å². The van der Waals surface area contributed by atoms with Gasteiger partial charge in [0.25, 0.3) is 0 Å². The van der Waals surface area contributed by atoms with Gasteiger partial charge in [0, 0.05) is 50.9 Å². The molecule has 3 amide bonds. The second-order valence-electron chi connectivity index (χ2n) is 15.7. The summed E-state index contributed by atoms with van der Waals surface area (Å²) in [5, 5.41) is 16.5. The minimum Gasteiger partial charge on any atom is -0.465 e. The number of β-amino-alcohol motifs (C(OH)–C–C–N with tert-alkyl or cyclic N) is 1. The van der Waals surface area contributed by atoms with Gasteiger partial charge in [-0.15, -0.1) is 11.3 Å². The SMILES string of the molecule is COC(=O)c1ccc(N2[C@H](C)CN(CCOCC(=O)N[C@H](C(=O)N3C[C@H](O)CC3C(=O)N[C@@H](C)c3ccc(-c4scnc4C)cc3)C(C)(C)C)C[C@@H]2C)nc1. The van der Waals surface area contributed by atoms with Crippen LogP contribution in [0.4, 0.5) is 5.82 Å². The van der Waals surface area contributed by atoms with Crippen molar-refractivity contribution in [3.63, 3.8) is 0 Å². The zero-order chi connectivity index (χ0) is 40.0. The molecule has 298 valence electrons. The summed E-state index contributed by atoms with van der Waals surface area (Å²) in [6.45, 7) is 15.9. The number of benzene rings is 1. The number of esters is 1. The third-order valence-corrected chi connectivity index (χ3v) is 11.3. The first-order chi connectivity index (χ1) is 26.1. The number of amides is 3. The number of piperazine rings is 1. The molecule has 2 fully saturated rings. The average molecular weight is 778 g/mol. The summed E-state index contributed by atoms with van der Waals surface area (Å²) in [4.78, 5) is 68.4. The van der Waals surface area contributed by atoms with Crippen LogP contribution in [0.25, 0.3) is 10.4 Å². The summed E-state index contributed by atoms with van der Waals surface area (Å²) >= 11 is 1.58. The van der Waals surface area contributed by atoms with Gasteiger partial charge >= 0.3 is 5.97 Å². The topological polar surface area (TPSA) is 167 Å². The number of rotatable bonds is 13. The lowest BCUT2D eigenvalue weighted by atomic mass is 9.85. The average Bonchev–Trinajstić information content (AvgIpc) is 3.76. The molecule has 5 rings (SSSR count). The number of hydrogen-bond acceptors (Lipinski definition) is 12. The maximum atomic E-state index is 14.0. The largest absolute Gasteiger partial charge is 0.465 e. The number of likely N-dealkylation sites (tertiary alicyclic amines) is 1. The molecule has 2 aliphatic heterocycles. The van der Waals surface area contributed by atoms with Crippen LogP contribution in [0.5, 0.6) is 0 Å². The molecule has 3 aromatic rings. The van der Waals surface area contributed by atoms with E-state index in [1.165, 1.54) is 18.2 Å². The summed E-state index contributed by atoms with van der Waals surface area (Å²) in [6, 6.07) is 9.61. The number of anilines is 1. The minimum atomic E-state index is -0.950. The van der Waals surface area contributed by atoms with Crippen molar-refractivity contribution in [3.8, 4) is 10.4 Å². The van der Waals surface area contributed by atoms with Gasteiger partial charge in [-0.2, -0.15) is 0 Å². The molecule has 15 heteroatoms. The van der Waals surface area contributed by atoms with Crippen LogP contribution in [0.15, 0.2) is 48.1 Å². The van der Waals surface area contributed by atoms with Crippen molar-refractivity contribution >= 4 is 40.8 Å². The number of methoxy groups -OCH3 is 1. The van der Waals surface area contributed by atoms with Crippen molar-refractivity contribution in [2.45, 2.75) is 91.2 Å². The number of aromatic nitrogens is 2. The van der Waals surface area contributed by atoms with E-state index in [1.54, 1.807) is 17.4 Å². The molecule has 4 heterocycles. The number of aliphatic hydroxyl groups excluding tert-OH is 1. The zero-order valence-electron chi connectivity index (χ0n) is 33.1. The van der Waals surface area contributed by atoms with Crippen LogP contribution in [-0.2, 0) is 23.9 Å². The zero-order valence-corrected chi connectivity index (χ0v) is 33.9. The number of aliphatic hydroxyl groups is 1. The van der Waals surface area contributed by atoms with E-state index >= 15 is 0 Å². The van der Waals surface area contributed by atoms with Gasteiger partial charge in [0.05, 0.1) is 47.5 Å². The summed E-state index contributed by atoms with van der Waals surface area (Å²) in [5.41, 5.74) is 4.46. The van der Waals surface area contributed by atoms with Crippen LogP contribution in [0.2, 0.25) is 0 Å². The number of carbonyl (C=O) groups is 4. The molecule has 6 atom stereocenters. The first-order valence-electron chi connectivity index (χ1n) is 18.8. The van der Waals surface area contributed by atoms with E-state index in [0.717, 1.165) is 40.6 Å². The molecule has 0 spiro atoms. The van der Waals surface area contributed by atoms with Crippen LogP contribution in [-0.4, -0.2) is 125 Å². The number of aryl methyl sites for hydroxylation is 1. The molecule has 1 unspecified atom stereocenters. The third kappa shape index (κ3) is 10.3. The molecule has 2 aliphatic rings. The Balaban J connectivity index is 1.11. The fourth-order valence-corrected chi connectivity index (χ4v) is 8.23. The van der Waals surface area contributed by atoms with Crippen LogP contribution < -0.4 is 15.5 Å². The van der Waals surface area contributed by atoms with Gasteiger partial charge in [-0.05, 0) is 56.4 Å². The van der Waals surface area contributed by atoms with E-state index in [-0.39, 0.29) is 43.6 Å². The number of carbonyl (C=O) groups excluding carboxylic acids is 4. The minimum absolute atomic E-state index is 0.00782. The Hall–Kier alpha value is -4.44. The van der Waals surface area contributed by atoms with E-state index in [4.69, 9.17) is 9.47 Å². The summed E-state index contributed by atoms with van der Waals surface area (Å²) < 4.78 is 10.6. The normalized spacial score (nSPS) is 21.5. The van der Waals surface area contributed by atoms with Crippen molar-refractivity contribution in [3.05, 3.63) is 64.9 Å². The van der Waals surface area contributed by atoms with Crippen LogP contribution in [0.1, 0.15) is 75.6 Å². The van der Waals surface area contributed by atoms with E-state index in [9.17, 15) is 24.3 Å². The van der Waals surface area contributed by atoms with Crippen molar-refractivity contribution < 1.29 is 33.8 Å². The molecule has 2 saturated heterocycles. The predicted octanol–water partition coefficient (Wildman–Crippen LogP) is 3.59. The standard InChI is InChI=1S/C40H55N7O7S/c1-24-19-45(20-25(2)47(24)33-14-13-30(18-41-33)39(52)53-8)15-16-54-22-34(49)44-36(40(5,6)7)38(51)46-21-31(48)17-32(46)37(50)43-26(3)28-9-11-29(12-10-28)35-27(4)42-23-55-35/h9-14,18,23-26,31-32,36,48H,15-17,19-22H2,1-8H3,(H,43,50)(H,44,49)/t24-,25+,26-,31+,32?,36+/m0/s1. The fraction of sp³-hybridized carbons (Fsp3) is 0.550. The summed E-state index contributed by atoms with van der Waals surface area (Å²) in [5.74, 6) is -0.861. The summed E-state index contributed by atoms with van der Waals surface area (Å²) in [6.07, 6.45) is 0.763. The van der Waals surface area contributed by atoms with Gasteiger partial charge in [0.2, 0.25) is 17.7 Å². The van der Waals surface area contributed by atoms with Gasteiger partial charge in [-0.1, -0.05) is 45.0 Å². The lowest BCUT2D eigenvalue weighted by Gasteiger charge is -2.45. The van der Waals surface area contributed by atoms with Crippen LogP contribution >= 0.6 is 11.3 Å². The number of nitrogens with zero attached hydrogens (tertiary/aromatic N) is 5. The third-order valence-electron chi connectivity index (χ3n) is 10.3. The fourth-order valence-electron chi connectivity index (χ4n) is 7.42.